The first-order valence-corrected chi connectivity index (χ1v) is 43.7. The van der Waals surface area contributed by atoms with Crippen LogP contribution < -0.4 is 0 Å². The Balaban J connectivity index is 2.35. The maximum Gasteiger partial charge on any atom is 0.327 e. The molecule has 0 fully saturated rings. The van der Waals surface area contributed by atoms with Crippen molar-refractivity contribution in [2.75, 3.05) is 0 Å². The molecule has 0 aliphatic carbocycles. The van der Waals surface area contributed by atoms with Gasteiger partial charge in [-0.05, 0) is 47.9 Å². The summed E-state index contributed by atoms with van der Waals surface area (Å²) >= 11 is 0. The van der Waals surface area contributed by atoms with Gasteiger partial charge in [-0.25, -0.2) is 0 Å². The first-order valence-electron chi connectivity index (χ1n) is 39.0. The number of rotatable bonds is 64. The van der Waals surface area contributed by atoms with E-state index < -0.39 is 62.2 Å². The monoisotopic (exact) mass is 1420 g/mol. The minimum Gasteiger partial charge on any atom is -0.328 e. The lowest BCUT2D eigenvalue weighted by molar-refractivity contribution is -0.349. The summed E-state index contributed by atoms with van der Waals surface area (Å²) in [5, 5.41) is 0. The van der Waals surface area contributed by atoms with Crippen LogP contribution in [0.2, 0.25) is 0 Å². The first kappa shape index (κ1) is 87.5. The van der Waals surface area contributed by atoms with E-state index in [1.54, 1.807) is 0 Å². The van der Waals surface area contributed by atoms with Crippen LogP contribution in [0.5, 0.6) is 0 Å². The Morgan fingerprint density at radius 2 is 0.340 bits per heavy atom. The van der Waals surface area contributed by atoms with Crippen molar-refractivity contribution >= 4 is 34.4 Å². The fourth-order valence-electron chi connectivity index (χ4n) is 16.4. The molecule has 16 heteroatoms. The van der Waals surface area contributed by atoms with Crippen LogP contribution in [0.3, 0.4) is 0 Å². The smallest absolute Gasteiger partial charge is 0.327 e. The van der Waals surface area contributed by atoms with Gasteiger partial charge in [0.2, 0.25) is 0 Å². The van der Waals surface area contributed by atoms with E-state index in [9.17, 15) is 39.1 Å². The second-order valence-corrected chi connectivity index (χ2v) is 30.8. The summed E-state index contributed by atoms with van der Waals surface area (Å²) in [5.41, 5.74) is -9.59. The van der Waals surface area contributed by atoms with Gasteiger partial charge in [-0.1, -0.05) is 432 Å². The van der Waals surface area contributed by atoms with E-state index in [4.69, 9.17) is 18.1 Å². The number of hydrogen-bond donors (Lipinski definition) is 8. The third-order valence-electron chi connectivity index (χ3n) is 20.9. The molecule has 97 heavy (non-hydrogen) atoms. The molecule has 4 rings (SSSR count). The lowest BCUT2D eigenvalue weighted by atomic mass is 9.39. The third-order valence-corrected chi connectivity index (χ3v) is 22.8. The maximum atomic E-state index is 12.6. The largest absolute Gasteiger partial charge is 0.328 e. The lowest BCUT2D eigenvalue weighted by Gasteiger charge is -2.72. The van der Waals surface area contributed by atoms with Gasteiger partial charge in [0.05, 0.1) is 0 Å². The summed E-state index contributed by atoms with van der Waals surface area (Å²) < 4.78 is 30.4. The number of unbranched alkanes of at least 4 members (excludes halogenated alkanes) is 40. The van der Waals surface area contributed by atoms with E-state index >= 15 is 0 Å². The van der Waals surface area contributed by atoms with Crippen LogP contribution in [-0.2, 0) is 40.5 Å². The van der Waals surface area contributed by atoms with Crippen molar-refractivity contribution in [3.63, 3.8) is 0 Å². The molecule has 4 aromatic rings. The van der Waals surface area contributed by atoms with Gasteiger partial charge in [-0.3, -0.25) is 18.1 Å². The van der Waals surface area contributed by atoms with Gasteiger partial charge in [-0.2, -0.15) is 0 Å². The highest BCUT2D eigenvalue weighted by Crippen LogP contribution is 2.81. The average molecular weight is 1430 g/mol. The molecule has 0 spiro atoms. The minimum absolute atomic E-state index is 0.00503. The molecule has 0 aliphatic rings. The molecule has 12 nitrogen and oxygen atoms in total. The van der Waals surface area contributed by atoms with Crippen LogP contribution in [0.15, 0.2) is 121 Å². The zero-order valence-corrected chi connectivity index (χ0v) is 64.6. The van der Waals surface area contributed by atoms with E-state index in [1.165, 1.54) is 128 Å². The highest BCUT2D eigenvalue weighted by molar-refractivity contribution is 7.40. The van der Waals surface area contributed by atoms with E-state index in [0.29, 0.717) is 73.6 Å². The zero-order chi connectivity index (χ0) is 70.0. The Labute approximate surface area is 595 Å². The molecule has 0 amide bonds. The van der Waals surface area contributed by atoms with Gasteiger partial charge >= 0.3 is 34.4 Å². The predicted molar refractivity (Wildman–Crippen MR) is 409 cm³/mol. The Bertz CT molecular complexity index is 2110. The zero-order valence-electron chi connectivity index (χ0n) is 61.0. The van der Waals surface area contributed by atoms with Crippen molar-refractivity contribution in [1.82, 2.24) is 0 Å². The van der Waals surface area contributed by atoms with E-state index in [1.807, 2.05) is 121 Å². The summed E-state index contributed by atoms with van der Waals surface area (Å²) in [5.74, 6) is 0. The molecule has 0 bridgehead atoms. The van der Waals surface area contributed by atoms with Crippen molar-refractivity contribution in [3.8, 4) is 0 Å². The second-order valence-electron chi connectivity index (χ2n) is 28.0. The standard InChI is InChI=1S/C81H136O12P4/c1-5-9-13-17-21-25-29-33-37-41-57-69-77(90-94(82)83,73-61-49-45-50-62-73)81(78(91-95(84)85,74-63-51-46-52-64-74)70-58-42-38-34-30-26-22-18-14-10-6-2,79(92-96(86)87,75-65-53-47-54-66-75)71-59-43-39-35-31-27-23-19-15-11-7-3)80(93-97(88)89,76-67-55-48-56-68-76)72-60-44-40-36-32-28-24-20-16-12-8-4/h45-56,61-68,82-89H,5-44,57-60,69-72H2,1-4H3. The van der Waals surface area contributed by atoms with E-state index in [0.717, 1.165) is 103 Å². The molecule has 4 atom stereocenters. The molecule has 0 saturated carbocycles. The van der Waals surface area contributed by atoms with Gasteiger partial charge in [0, 0.05) is 0 Å². The summed E-state index contributed by atoms with van der Waals surface area (Å²) in [6, 6.07) is 37.9. The van der Waals surface area contributed by atoms with Crippen LogP contribution in [0, 0.1) is 5.41 Å². The summed E-state index contributed by atoms with van der Waals surface area (Å²) in [6.07, 6.45) is 44.8. The van der Waals surface area contributed by atoms with Crippen LogP contribution in [0.1, 0.15) is 358 Å². The van der Waals surface area contributed by atoms with Crippen LogP contribution in [0.4, 0.5) is 0 Å². The Morgan fingerprint density at radius 3 is 0.474 bits per heavy atom. The van der Waals surface area contributed by atoms with Crippen molar-refractivity contribution in [1.29, 1.82) is 0 Å². The van der Waals surface area contributed by atoms with Gasteiger partial charge in [-0.15, -0.1) is 0 Å². The number of hydrogen-bond acceptors (Lipinski definition) is 12. The Hall–Kier alpha value is -1.88. The average Bonchev–Trinajstić information content (AvgIpc) is 0.646. The number of benzene rings is 4. The summed E-state index contributed by atoms with van der Waals surface area (Å²) in [6.45, 7) is 8.96. The fourth-order valence-corrected chi connectivity index (χ4v) is 18.8. The molecule has 552 valence electrons. The first-order chi connectivity index (χ1) is 47.3. The highest BCUT2D eigenvalue weighted by Gasteiger charge is 2.84. The molecule has 0 radical (unpaired) electrons. The molecule has 4 unspecified atom stereocenters. The van der Waals surface area contributed by atoms with Crippen LogP contribution >= 0.6 is 34.4 Å². The molecule has 4 aromatic carbocycles. The Kier molecular flexibility index (Phi) is 47.8. The molecule has 0 heterocycles. The molecular weight excluding hydrogens is 1290 g/mol. The molecular formula is C81H136O12P4. The molecule has 8 N–H and O–H groups in total. The maximum absolute atomic E-state index is 12.6. The predicted octanol–water partition coefficient (Wildman–Crippen LogP) is 25.3. The van der Waals surface area contributed by atoms with Gasteiger partial charge in [0.1, 0.15) is 27.8 Å². The van der Waals surface area contributed by atoms with Crippen molar-refractivity contribution in [3.05, 3.63) is 144 Å². The lowest BCUT2D eigenvalue weighted by Crippen LogP contribution is -2.77. The normalized spacial score (nSPS) is 15.3. The van der Waals surface area contributed by atoms with Gasteiger partial charge < -0.3 is 39.1 Å². The topological polar surface area (TPSA) is 199 Å². The quantitative estimate of drug-likeness (QED) is 0.0154. The minimum atomic E-state index is -3.44. The van der Waals surface area contributed by atoms with Crippen molar-refractivity contribution in [2.45, 2.75) is 358 Å². The summed E-state index contributed by atoms with van der Waals surface area (Å²) in [4.78, 5) is 101. The van der Waals surface area contributed by atoms with E-state index in [2.05, 4.69) is 27.7 Å². The fraction of sp³-hybridized carbons (Fsp3) is 0.704. The Morgan fingerprint density at radius 1 is 0.206 bits per heavy atom. The molecule has 0 aromatic heterocycles. The van der Waals surface area contributed by atoms with Crippen LogP contribution in [-0.4, -0.2) is 39.1 Å². The van der Waals surface area contributed by atoms with Gasteiger partial charge in [0.25, 0.3) is 0 Å². The second kappa shape index (κ2) is 53.0. The molecule has 0 saturated heterocycles. The molecule has 0 aliphatic heterocycles. The van der Waals surface area contributed by atoms with Gasteiger partial charge in [0.15, 0.2) is 0 Å². The van der Waals surface area contributed by atoms with Crippen molar-refractivity contribution in [2.24, 2.45) is 5.41 Å². The van der Waals surface area contributed by atoms with Crippen molar-refractivity contribution < 1.29 is 57.2 Å². The SMILES string of the molecule is CCCCCCCCCCCCCC(OP(O)O)(c1ccccc1)C(C(CCCCCCCCCCCCC)(OP(O)O)c1ccccc1)(C(CCCCCCCCCCCCC)(OP(O)O)c1ccccc1)C(CCCCCCCCCCCCC)(OP(O)O)c1ccccc1. The highest BCUT2D eigenvalue weighted by atomic mass is 31.2. The van der Waals surface area contributed by atoms with E-state index in [-0.39, 0.29) is 25.7 Å². The van der Waals surface area contributed by atoms with Crippen LogP contribution in [0.25, 0.3) is 0 Å². The summed E-state index contributed by atoms with van der Waals surface area (Å²) in [7, 11) is -13.8. The third kappa shape index (κ3) is 28.9.